The molecule has 11 aromatic carbocycles. The highest BCUT2D eigenvalue weighted by Crippen LogP contribution is 2.79. The predicted octanol–water partition coefficient (Wildman–Crippen LogP) is 16.0. The third-order valence-corrected chi connectivity index (χ3v) is 19.7. The van der Waals surface area contributed by atoms with Crippen molar-refractivity contribution in [2.75, 3.05) is 0 Å². The van der Waals surface area contributed by atoms with E-state index in [1.807, 2.05) is 0 Å². The van der Waals surface area contributed by atoms with Crippen LogP contribution in [0.4, 0.5) is 0 Å². The van der Waals surface area contributed by atoms with Crippen LogP contribution in [0.5, 0.6) is 0 Å². The van der Waals surface area contributed by atoms with E-state index in [0.29, 0.717) is 0 Å². The van der Waals surface area contributed by atoms with Crippen LogP contribution in [0.3, 0.4) is 0 Å². The lowest BCUT2D eigenvalue weighted by Crippen LogP contribution is -2.52. The molecule has 3 unspecified atom stereocenters. The van der Waals surface area contributed by atoms with Crippen LogP contribution < -0.4 is 0 Å². The number of rotatable bonds is 2. The summed E-state index contributed by atoms with van der Waals surface area (Å²) in [5.41, 5.74) is 26.8. The van der Waals surface area contributed by atoms with E-state index in [1.54, 1.807) is 0 Å². The maximum Gasteiger partial charge on any atom is 0.0995 e. The molecule has 0 aliphatic heterocycles. The molecule has 342 valence electrons. The molecule has 20 rings (SSSR count). The van der Waals surface area contributed by atoms with Gasteiger partial charge in [-0.25, -0.2) is 0 Å². The Kier molecular flexibility index (Phi) is 6.75. The van der Waals surface area contributed by atoms with Gasteiger partial charge in [0.1, 0.15) is 0 Å². The zero-order valence-corrected chi connectivity index (χ0v) is 40.4. The molecule has 0 saturated carbocycles. The first-order valence-corrected chi connectivity index (χ1v) is 26.4. The van der Waals surface area contributed by atoms with Gasteiger partial charge in [-0.2, -0.15) is 10.5 Å². The summed E-state index contributed by atoms with van der Waals surface area (Å²) in [6.07, 6.45) is 0. The van der Waals surface area contributed by atoms with Gasteiger partial charge in [-0.05, 0) is 129 Å². The minimum absolute atomic E-state index is 0.0473. The van der Waals surface area contributed by atoms with Crippen LogP contribution in [-0.4, -0.2) is 4.40 Å². The van der Waals surface area contributed by atoms with Gasteiger partial charge >= 0.3 is 0 Å². The van der Waals surface area contributed by atoms with Crippen molar-refractivity contribution in [2.24, 2.45) is 0 Å². The Morgan fingerprint density at radius 1 is 0.400 bits per heavy atom. The summed E-state index contributed by atoms with van der Waals surface area (Å²) in [4.78, 5) is 0. The van der Waals surface area contributed by atoms with E-state index in [9.17, 15) is 10.5 Å². The average Bonchev–Trinajstić information content (AvgIpc) is 4.16. The lowest BCUT2D eigenvalue weighted by Gasteiger charge is -2.58. The monoisotopic (exact) mass is 945 g/mol. The highest BCUT2D eigenvalue weighted by Gasteiger charge is 2.70. The lowest BCUT2D eigenvalue weighted by atomic mass is 9.43. The van der Waals surface area contributed by atoms with E-state index < -0.39 is 5.41 Å². The second-order valence-corrected chi connectivity index (χ2v) is 22.1. The molecule has 13 aromatic rings. The Morgan fingerprint density at radius 3 is 1.52 bits per heavy atom. The van der Waals surface area contributed by atoms with Gasteiger partial charge in [-0.15, -0.1) is 0 Å². The second-order valence-electron chi connectivity index (χ2n) is 22.1. The van der Waals surface area contributed by atoms with Gasteiger partial charge in [0, 0.05) is 50.6 Å². The maximum atomic E-state index is 11.7. The van der Waals surface area contributed by atoms with Gasteiger partial charge in [0.2, 0.25) is 0 Å². The number of aromatic nitrogens is 1. The number of hydrogen-bond donors (Lipinski definition) is 0. The van der Waals surface area contributed by atoms with Crippen LogP contribution in [0.2, 0.25) is 0 Å². The smallest absolute Gasteiger partial charge is 0.0995 e. The number of nitriles is 2. The SMILES string of the molecule is N#Cc1cc2c(c3c1C1c4ccccc4C3c3ccccc31)c1cc3c(c4c5c6c(c(C#N)cc5n2c14)C1c2ccccc2C12c1ccccc1C62)C(c1ccccc1)(c1ccccc1)c1ccc2ccccc2c1-3. The molecule has 0 saturated heterocycles. The van der Waals surface area contributed by atoms with Crippen molar-refractivity contribution < 1.29 is 0 Å². The fourth-order valence-corrected chi connectivity index (χ4v) is 17.5. The van der Waals surface area contributed by atoms with Crippen molar-refractivity contribution in [2.45, 2.75) is 34.5 Å². The fraction of sp³-hybridized carbons (Fsp3) is 0.0833. The lowest BCUT2D eigenvalue weighted by molar-refractivity contribution is 0.333. The minimum Gasteiger partial charge on any atom is -0.308 e. The first-order chi connectivity index (χ1) is 37.2. The Labute approximate surface area is 431 Å². The molecule has 75 heavy (non-hydrogen) atoms. The van der Waals surface area contributed by atoms with Crippen molar-refractivity contribution in [3.63, 3.8) is 0 Å². The van der Waals surface area contributed by atoms with Crippen LogP contribution in [-0.2, 0) is 10.8 Å². The van der Waals surface area contributed by atoms with Gasteiger partial charge in [-0.1, -0.05) is 194 Å². The zero-order valence-electron chi connectivity index (χ0n) is 40.4. The highest BCUT2D eigenvalue weighted by molar-refractivity contribution is 6.30. The molecule has 7 aliphatic rings. The Balaban J connectivity index is 1.10. The van der Waals surface area contributed by atoms with Gasteiger partial charge in [-0.3, -0.25) is 0 Å². The van der Waals surface area contributed by atoms with Crippen molar-refractivity contribution in [1.82, 2.24) is 4.40 Å². The third kappa shape index (κ3) is 4.01. The van der Waals surface area contributed by atoms with Gasteiger partial charge in [0.25, 0.3) is 0 Å². The molecule has 0 N–H and O–H groups in total. The number of nitrogens with zero attached hydrogens (tertiary/aromatic N) is 3. The molecule has 0 amide bonds. The van der Waals surface area contributed by atoms with Gasteiger partial charge in [0.15, 0.2) is 0 Å². The molecule has 2 bridgehead atoms. The van der Waals surface area contributed by atoms with Gasteiger partial charge < -0.3 is 4.40 Å². The Bertz CT molecular complexity index is 4860. The number of hydrogen-bond acceptors (Lipinski definition) is 2. The van der Waals surface area contributed by atoms with Gasteiger partial charge in [0.05, 0.1) is 45.2 Å². The van der Waals surface area contributed by atoms with Crippen LogP contribution in [0, 0.1) is 22.7 Å². The van der Waals surface area contributed by atoms with Crippen LogP contribution in [0.1, 0.15) is 124 Å². The summed E-state index contributed by atoms with van der Waals surface area (Å²) in [5, 5.41) is 30.7. The van der Waals surface area contributed by atoms with E-state index in [1.165, 1.54) is 132 Å². The first kappa shape index (κ1) is 39.0. The maximum absolute atomic E-state index is 11.7. The second kappa shape index (κ2) is 13.0. The predicted molar refractivity (Wildman–Crippen MR) is 297 cm³/mol. The summed E-state index contributed by atoms with van der Waals surface area (Å²) < 4.78 is 2.53. The summed E-state index contributed by atoms with van der Waals surface area (Å²) >= 11 is 0. The molecule has 3 nitrogen and oxygen atoms in total. The molecule has 2 aromatic heterocycles. The molecular formula is C72H39N3. The Morgan fingerprint density at radius 2 is 0.907 bits per heavy atom. The van der Waals surface area contributed by atoms with Crippen molar-refractivity contribution in [3.8, 4) is 23.3 Å². The largest absolute Gasteiger partial charge is 0.308 e. The zero-order chi connectivity index (χ0) is 48.8. The van der Waals surface area contributed by atoms with Crippen molar-refractivity contribution in [1.29, 1.82) is 10.5 Å². The third-order valence-electron chi connectivity index (χ3n) is 19.7. The topological polar surface area (TPSA) is 52.0 Å². The molecule has 3 heteroatoms. The van der Waals surface area contributed by atoms with Crippen LogP contribution >= 0.6 is 0 Å². The van der Waals surface area contributed by atoms with E-state index >= 15 is 0 Å². The molecule has 2 heterocycles. The van der Waals surface area contributed by atoms with Crippen LogP contribution in [0.15, 0.2) is 212 Å². The molecule has 7 aliphatic carbocycles. The molecule has 0 fully saturated rings. The molecule has 1 spiro atoms. The number of benzene rings is 11. The summed E-state index contributed by atoms with van der Waals surface area (Å²) in [7, 11) is 0. The fourth-order valence-electron chi connectivity index (χ4n) is 17.5. The van der Waals surface area contributed by atoms with Crippen LogP contribution in [0.25, 0.3) is 60.0 Å². The average molecular weight is 946 g/mol. The van der Waals surface area contributed by atoms with E-state index in [4.69, 9.17) is 0 Å². The van der Waals surface area contributed by atoms with Crippen molar-refractivity contribution >= 4 is 48.9 Å². The Hall–Kier alpha value is -9.54. The first-order valence-electron chi connectivity index (χ1n) is 26.4. The summed E-state index contributed by atoms with van der Waals surface area (Å²) in [6.45, 7) is 0. The normalized spacial score (nSPS) is 20.7. The molecular weight excluding hydrogens is 907 g/mol. The summed E-state index contributed by atoms with van der Waals surface area (Å²) in [5.74, 6) is -0.0487. The van der Waals surface area contributed by atoms with E-state index in [-0.39, 0.29) is 29.1 Å². The molecule has 3 atom stereocenters. The highest BCUT2D eigenvalue weighted by atomic mass is 14.9. The standard InChI is InChI=1S/C72H39N3/c73-36-39-33-55-62(64-57(39)60-44-23-9-11-25-46(44)61(64)47-26-12-10-24-45(47)60)51-35-50-59-43-22-8-7-17-38(43)31-32-54(59)71(41-18-3-1-4-19-41,42-20-5-2-6-21-42)69(50)66-63-56(75(55)70(51)66)34-40(37-74)58-65(63)68-49-28-14-16-30-53(49)72(68)52-29-15-13-27-48(52)67(58)72/h1-35,60-61,67-68H. The quantitative estimate of drug-likeness (QED) is 0.173. The minimum atomic E-state index is -0.742. The van der Waals surface area contributed by atoms with E-state index in [0.717, 1.165) is 27.7 Å². The summed E-state index contributed by atoms with van der Waals surface area (Å²) in [6, 6.07) is 85.2. The van der Waals surface area contributed by atoms with Crippen molar-refractivity contribution in [3.05, 3.63) is 312 Å². The number of fused-ring (bicyclic) bond motifs is 20. The molecule has 0 radical (unpaired) electrons. The van der Waals surface area contributed by atoms with E-state index in [2.05, 4.69) is 229 Å².